The standard InChI is InChI=1S/C13H13Cl2N3O/c14-10-4-1-8(5-11(10)15)6-12-16-17-13(7-19)18(12)9-2-3-9/h1,4-5,9,19H,2-3,6-7H2. The fourth-order valence-corrected chi connectivity index (χ4v) is 2.50. The van der Waals surface area contributed by atoms with Crippen LogP contribution < -0.4 is 0 Å². The molecule has 19 heavy (non-hydrogen) atoms. The highest BCUT2D eigenvalue weighted by Crippen LogP contribution is 2.37. The third kappa shape index (κ3) is 2.61. The Labute approximate surface area is 121 Å². The van der Waals surface area contributed by atoms with Gasteiger partial charge in [0.15, 0.2) is 5.82 Å². The lowest BCUT2D eigenvalue weighted by molar-refractivity contribution is 0.264. The van der Waals surface area contributed by atoms with Crippen LogP contribution in [0.1, 0.15) is 36.1 Å². The highest BCUT2D eigenvalue weighted by molar-refractivity contribution is 6.42. The van der Waals surface area contributed by atoms with Gasteiger partial charge in [0.25, 0.3) is 0 Å². The maximum Gasteiger partial charge on any atom is 0.159 e. The number of aliphatic hydroxyl groups is 1. The van der Waals surface area contributed by atoms with Crippen LogP contribution >= 0.6 is 23.2 Å². The number of aliphatic hydroxyl groups excluding tert-OH is 1. The Kier molecular flexibility index (Phi) is 3.48. The van der Waals surface area contributed by atoms with Crippen molar-refractivity contribution in [3.05, 3.63) is 45.5 Å². The Hall–Kier alpha value is -1.10. The van der Waals surface area contributed by atoms with Crippen molar-refractivity contribution in [3.63, 3.8) is 0 Å². The van der Waals surface area contributed by atoms with Gasteiger partial charge < -0.3 is 9.67 Å². The van der Waals surface area contributed by atoms with Crippen LogP contribution in [0.2, 0.25) is 10.0 Å². The van der Waals surface area contributed by atoms with Crippen LogP contribution in [0.3, 0.4) is 0 Å². The molecule has 0 aliphatic heterocycles. The molecular formula is C13H13Cl2N3O. The minimum atomic E-state index is -0.0785. The van der Waals surface area contributed by atoms with E-state index < -0.39 is 0 Å². The molecule has 0 bridgehead atoms. The van der Waals surface area contributed by atoms with Crippen molar-refractivity contribution < 1.29 is 5.11 Å². The van der Waals surface area contributed by atoms with Gasteiger partial charge in [0, 0.05) is 12.5 Å². The van der Waals surface area contributed by atoms with E-state index >= 15 is 0 Å². The van der Waals surface area contributed by atoms with Gasteiger partial charge in [-0.15, -0.1) is 10.2 Å². The first-order valence-corrected chi connectivity index (χ1v) is 6.92. The summed E-state index contributed by atoms with van der Waals surface area (Å²) in [4.78, 5) is 0. The summed E-state index contributed by atoms with van der Waals surface area (Å²) >= 11 is 11.9. The van der Waals surface area contributed by atoms with Gasteiger partial charge in [-0.25, -0.2) is 0 Å². The van der Waals surface area contributed by atoms with E-state index in [9.17, 15) is 5.11 Å². The summed E-state index contributed by atoms with van der Waals surface area (Å²) in [5.74, 6) is 1.50. The van der Waals surface area contributed by atoms with Crippen molar-refractivity contribution >= 4 is 23.2 Å². The van der Waals surface area contributed by atoms with Gasteiger partial charge in [0.2, 0.25) is 0 Å². The Bertz CT molecular complexity index is 608. The van der Waals surface area contributed by atoms with Crippen molar-refractivity contribution in [2.45, 2.75) is 31.9 Å². The van der Waals surface area contributed by atoms with E-state index in [4.69, 9.17) is 23.2 Å². The second kappa shape index (κ2) is 5.12. The molecule has 4 nitrogen and oxygen atoms in total. The molecule has 6 heteroatoms. The molecule has 1 N–H and O–H groups in total. The van der Waals surface area contributed by atoms with Crippen LogP contribution in [0.5, 0.6) is 0 Å². The number of nitrogens with zero attached hydrogens (tertiary/aromatic N) is 3. The van der Waals surface area contributed by atoms with Crippen molar-refractivity contribution in [3.8, 4) is 0 Å². The molecule has 100 valence electrons. The normalized spacial score (nSPS) is 14.9. The number of aromatic nitrogens is 3. The summed E-state index contributed by atoms with van der Waals surface area (Å²) in [5.41, 5.74) is 1.04. The molecule has 0 spiro atoms. The monoisotopic (exact) mass is 297 g/mol. The van der Waals surface area contributed by atoms with Crippen molar-refractivity contribution in [2.75, 3.05) is 0 Å². The number of hydrogen-bond donors (Lipinski definition) is 1. The van der Waals surface area contributed by atoms with E-state index in [1.165, 1.54) is 0 Å². The predicted molar refractivity (Wildman–Crippen MR) is 73.5 cm³/mol. The van der Waals surface area contributed by atoms with Crippen LogP contribution in [0.4, 0.5) is 0 Å². The molecule has 0 radical (unpaired) electrons. The topological polar surface area (TPSA) is 50.9 Å². The van der Waals surface area contributed by atoms with Crippen molar-refractivity contribution in [1.82, 2.24) is 14.8 Å². The van der Waals surface area contributed by atoms with Crippen LogP contribution in [0.25, 0.3) is 0 Å². The van der Waals surface area contributed by atoms with Crippen molar-refractivity contribution in [2.24, 2.45) is 0 Å². The van der Waals surface area contributed by atoms with Gasteiger partial charge >= 0.3 is 0 Å². The summed E-state index contributed by atoms with van der Waals surface area (Å²) in [6, 6.07) is 5.99. The first-order chi connectivity index (χ1) is 9.19. The zero-order valence-corrected chi connectivity index (χ0v) is 11.7. The second-order valence-corrected chi connectivity index (χ2v) is 5.53. The highest BCUT2D eigenvalue weighted by atomic mass is 35.5. The van der Waals surface area contributed by atoms with Gasteiger partial charge in [-0.3, -0.25) is 0 Å². The number of halogens is 2. The van der Waals surface area contributed by atoms with E-state index in [1.54, 1.807) is 6.07 Å². The lowest BCUT2D eigenvalue weighted by atomic mass is 10.1. The molecule has 1 heterocycles. The Morgan fingerprint density at radius 2 is 1.89 bits per heavy atom. The maximum atomic E-state index is 9.29. The number of rotatable bonds is 4. The molecular weight excluding hydrogens is 285 g/mol. The summed E-state index contributed by atoms with van der Waals surface area (Å²) in [5, 5.41) is 18.6. The molecule has 1 aromatic carbocycles. The minimum Gasteiger partial charge on any atom is -0.388 e. The van der Waals surface area contributed by atoms with Gasteiger partial charge in [-0.2, -0.15) is 0 Å². The average Bonchev–Trinajstić information content (AvgIpc) is 3.16. The minimum absolute atomic E-state index is 0.0785. The zero-order valence-electron chi connectivity index (χ0n) is 10.2. The first-order valence-electron chi connectivity index (χ1n) is 6.16. The van der Waals surface area contributed by atoms with Gasteiger partial charge in [0.05, 0.1) is 10.0 Å². The maximum absolute atomic E-state index is 9.29. The molecule has 1 saturated carbocycles. The summed E-state index contributed by atoms with van der Waals surface area (Å²) in [6.45, 7) is -0.0785. The van der Waals surface area contributed by atoms with Gasteiger partial charge in [-0.05, 0) is 30.5 Å². The van der Waals surface area contributed by atoms with Crippen LogP contribution in [0.15, 0.2) is 18.2 Å². The van der Waals surface area contributed by atoms with E-state index in [0.29, 0.717) is 28.3 Å². The molecule has 1 fully saturated rings. The van der Waals surface area contributed by atoms with E-state index in [2.05, 4.69) is 10.2 Å². The highest BCUT2D eigenvalue weighted by Gasteiger charge is 2.29. The molecule has 0 saturated heterocycles. The molecule has 1 aliphatic rings. The Balaban J connectivity index is 1.90. The smallest absolute Gasteiger partial charge is 0.159 e. The number of hydrogen-bond acceptors (Lipinski definition) is 3. The molecule has 0 unspecified atom stereocenters. The fourth-order valence-electron chi connectivity index (χ4n) is 2.18. The molecule has 1 aliphatic carbocycles. The number of benzene rings is 1. The third-order valence-electron chi connectivity index (χ3n) is 3.24. The van der Waals surface area contributed by atoms with Gasteiger partial charge in [-0.1, -0.05) is 29.3 Å². The summed E-state index contributed by atoms with van der Waals surface area (Å²) in [7, 11) is 0. The lowest BCUT2D eigenvalue weighted by Gasteiger charge is -2.08. The summed E-state index contributed by atoms with van der Waals surface area (Å²) < 4.78 is 2.04. The largest absolute Gasteiger partial charge is 0.388 e. The predicted octanol–water partition coefficient (Wildman–Crippen LogP) is 3.00. The fraction of sp³-hybridized carbons (Fsp3) is 0.385. The SMILES string of the molecule is OCc1nnc(Cc2ccc(Cl)c(Cl)c2)n1C1CC1. The van der Waals surface area contributed by atoms with Crippen LogP contribution in [0, 0.1) is 0 Å². The van der Waals surface area contributed by atoms with Gasteiger partial charge in [0.1, 0.15) is 12.4 Å². The van der Waals surface area contributed by atoms with E-state index in [1.807, 2.05) is 16.7 Å². The van der Waals surface area contributed by atoms with Crippen LogP contribution in [-0.4, -0.2) is 19.9 Å². The molecule has 2 aromatic rings. The quantitative estimate of drug-likeness (QED) is 0.944. The molecule has 0 atom stereocenters. The molecule has 3 rings (SSSR count). The Morgan fingerprint density at radius 3 is 2.53 bits per heavy atom. The molecule has 0 amide bonds. The zero-order chi connectivity index (χ0) is 13.4. The van der Waals surface area contributed by atoms with Crippen LogP contribution in [-0.2, 0) is 13.0 Å². The lowest BCUT2D eigenvalue weighted by Crippen LogP contribution is -2.06. The van der Waals surface area contributed by atoms with Crippen molar-refractivity contribution in [1.29, 1.82) is 0 Å². The third-order valence-corrected chi connectivity index (χ3v) is 3.98. The second-order valence-electron chi connectivity index (χ2n) is 4.72. The summed E-state index contributed by atoms with van der Waals surface area (Å²) in [6.07, 6.45) is 2.89. The Morgan fingerprint density at radius 1 is 1.16 bits per heavy atom. The first kappa shape index (κ1) is 12.9. The molecule has 1 aromatic heterocycles. The van der Waals surface area contributed by atoms with E-state index in [0.717, 1.165) is 24.2 Å². The van der Waals surface area contributed by atoms with E-state index in [-0.39, 0.29) is 6.61 Å². The average molecular weight is 298 g/mol.